The van der Waals surface area contributed by atoms with E-state index in [-0.39, 0.29) is 22.6 Å². The smallest absolute Gasteiger partial charge is 0.261 e. The van der Waals surface area contributed by atoms with E-state index >= 15 is 0 Å². The molecule has 4 aromatic rings. The molecular formula is C18H15BFN5O2. The molecule has 1 amide bonds. The summed E-state index contributed by atoms with van der Waals surface area (Å²) in [7, 11) is 9.21. The molecule has 3 heterocycles. The van der Waals surface area contributed by atoms with Crippen molar-refractivity contribution in [2.24, 2.45) is 7.05 Å². The zero-order valence-electron chi connectivity index (χ0n) is 14.9. The van der Waals surface area contributed by atoms with Gasteiger partial charge in [-0.3, -0.25) is 9.48 Å². The van der Waals surface area contributed by atoms with Gasteiger partial charge in [-0.25, -0.2) is 9.37 Å². The number of carbonyl (C=O) groups is 1. The second-order valence-electron chi connectivity index (χ2n) is 6.25. The van der Waals surface area contributed by atoms with Crippen molar-refractivity contribution >= 4 is 41.5 Å². The van der Waals surface area contributed by atoms with Gasteiger partial charge in [0.05, 0.1) is 18.5 Å². The molecule has 0 aliphatic heterocycles. The molecule has 2 radical (unpaired) electrons. The van der Waals surface area contributed by atoms with E-state index in [9.17, 15) is 9.18 Å². The molecule has 0 saturated heterocycles. The van der Waals surface area contributed by atoms with Crippen molar-refractivity contribution in [3.8, 4) is 5.75 Å². The van der Waals surface area contributed by atoms with Gasteiger partial charge in [0.2, 0.25) is 0 Å². The van der Waals surface area contributed by atoms with Crippen LogP contribution in [0.1, 0.15) is 16.1 Å². The van der Waals surface area contributed by atoms with Crippen LogP contribution in [0.25, 0.3) is 16.6 Å². The number of carbonyl (C=O) groups excluding carboxylic acids is 1. The van der Waals surface area contributed by atoms with Crippen molar-refractivity contribution < 1.29 is 13.9 Å². The molecule has 0 bridgehead atoms. The summed E-state index contributed by atoms with van der Waals surface area (Å²) in [5.41, 5.74) is 2.24. The number of halogens is 1. The molecule has 0 fully saturated rings. The molecule has 0 unspecified atom stereocenters. The number of imidazole rings is 1. The zero-order valence-corrected chi connectivity index (χ0v) is 14.9. The van der Waals surface area contributed by atoms with Crippen LogP contribution in [0.3, 0.4) is 0 Å². The molecular weight excluding hydrogens is 348 g/mol. The number of ether oxygens (including phenoxy) is 1. The summed E-state index contributed by atoms with van der Waals surface area (Å²) in [6.07, 6.45) is 4.99. The van der Waals surface area contributed by atoms with Crippen LogP contribution in [-0.4, -0.2) is 40.0 Å². The number of nitrogens with zero attached hydrogens (tertiary/aromatic N) is 4. The predicted octanol–water partition coefficient (Wildman–Crippen LogP) is 1.72. The topological polar surface area (TPSA) is 73.4 Å². The summed E-state index contributed by atoms with van der Waals surface area (Å²) in [5, 5.41) is 7.66. The minimum Gasteiger partial charge on any atom is -0.496 e. The Morgan fingerprint density at radius 1 is 1.30 bits per heavy atom. The van der Waals surface area contributed by atoms with E-state index in [0.29, 0.717) is 22.1 Å². The Bertz CT molecular complexity index is 1210. The van der Waals surface area contributed by atoms with Gasteiger partial charge in [-0.2, -0.15) is 5.10 Å². The number of amides is 1. The Labute approximate surface area is 155 Å². The number of hydrogen-bond donors (Lipinski definition) is 1. The van der Waals surface area contributed by atoms with Crippen molar-refractivity contribution in [1.82, 2.24) is 19.2 Å². The van der Waals surface area contributed by atoms with E-state index in [2.05, 4.69) is 15.4 Å². The summed E-state index contributed by atoms with van der Waals surface area (Å²) in [4.78, 5) is 17.1. The monoisotopic (exact) mass is 363 g/mol. The molecule has 1 aromatic carbocycles. The summed E-state index contributed by atoms with van der Waals surface area (Å²) in [6, 6.07) is 2.79. The Balaban J connectivity index is 1.80. The fraction of sp³-hybridized carbons (Fsp3) is 0.167. The third-order valence-corrected chi connectivity index (χ3v) is 4.24. The average molecular weight is 363 g/mol. The molecule has 134 valence electrons. The predicted molar refractivity (Wildman–Crippen MR) is 100 cm³/mol. The van der Waals surface area contributed by atoms with Crippen LogP contribution in [0.4, 0.5) is 10.1 Å². The second-order valence-corrected chi connectivity index (χ2v) is 6.25. The van der Waals surface area contributed by atoms with Crippen molar-refractivity contribution in [3.05, 3.63) is 47.8 Å². The lowest BCUT2D eigenvalue weighted by atomic mass is 9.90. The number of methoxy groups -OCH3 is 1. The first-order chi connectivity index (χ1) is 12.9. The molecule has 0 spiro atoms. The number of aryl methyl sites for hydroxylation is 2. The standard InChI is InChI=1S/C18H15BFN5O2/c1-9-6-25-7-10(4-13(20)17(25)21-9)22-18(26)15-14(27-3)5-12(19)11-8-24(2)23-16(11)15/h4-8H,1-3H3,(H,22,26). The largest absolute Gasteiger partial charge is 0.496 e. The number of anilines is 1. The Morgan fingerprint density at radius 3 is 2.81 bits per heavy atom. The Morgan fingerprint density at radius 2 is 2.07 bits per heavy atom. The molecule has 9 heteroatoms. The van der Waals surface area contributed by atoms with Gasteiger partial charge >= 0.3 is 0 Å². The van der Waals surface area contributed by atoms with Crippen LogP contribution in [0.5, 0.6) is 5.75 Å². The molecule has 27 heavy (non-hydrogen) atoms. The van der Waals surface area contributed by atoms with E-state index < -0.39 is 11.7 Å². The van der Waals surface area contributed by atoms with Gasteiger partial charge in [-0.05, 0) is 13.0 Å². The zero-order chi connectivity index (χ0) is 19.3. The summed E-state index contributed by atoms with van der Waals surface area (Å²) in [5.74, 6) is -0.726. The van der Waals surface area contributed by atoms with Gasteiger partial charge < -0.3 is 14.5 Å². The first-order valence-electron chi connectivity index (χ1n) is 8.13. The number of fused-ring (bicyclic) bond motifs is 2. The van der Waals surface area contributed by atoms with E-state index in [0.717, 1.165) is 0 Å². The van der Waals surface area contributed by atoms with Crippen molar-refractivity contribution in [2.75, 3.05) is 12.4 Å². The maximum atomic E-state index is 14.3. The minimum atomic E-state index is -0.534. The first kappa shape index (κ1) is 17.1. The number of nitrogens with one attached hydrogen (secondary N) is 1. The molecule has 0 aliphatic carbocycles. The molecule has 0 aliphatic rings. The van der Waals surface area contributed by atoms with Gasteiger partial charge in [0.15, 0.2) is 11.5 Å². The maximum Gasteiger partial charge on any atom is 0.261 e. The quantitative estimate of drug-likeness (QED) is 0.563. The van der Waals surface area contributed by atoms with E-state index in [1.165, 1.54) is 17.6 Å². The highest BCUT2D eigenvalue weighted by molar-refractivity contribution is 6.39. The van der Waals surface area contributed by atoms with Gasteiger partial charge in [-0.15, -0.1) is 0 Å². The fourth-order valence-electron chi connectivity index (χ4n) is 3.11. The van der Waals surface area contributed by atoms with E-state index in [4.69, 9.17) is 12.6 Å². The average Bonchev–Trinajstić information content (AvgIpc) is 3.16. The molecule has 0 saturated carbocycles. The van der Waals surface area contributed by atoms with Crippen LogP contribution in [0.15, 0.2) is 30.7 Å². The first-order valence-corrected chi connectivity index (χ1v) is 8.13. The Hall–Kier alpha value is -3.36. The highest BCUT2D eigenvalue weighted by atomic mass is 19.1. The summed E-state index contributed by atoms with van der Waals surface area (Å²) >= 11 is 0. The van der Waals surface area contributed by atoms with Crippen LogP contribution in [0, 0.1) is 12.7 Å². The third-order valence-electron chi connectivity index (χ3n) is 4.24. The highest BCUT2D eigenvalue weighted by Gasteiger charge is 2.21. The van der Waals surface area contributed by atoms with Crippen LogP contribution in [-0.2, 0) is 7.05 Å². The van der Waals surface area contributed by atoms with Gasteiger partial charge in [0, 0.05) is 37.1 Å². The summed E-state index contributed by atoms with van der Waals surface area (Å²) < 4.78 is 22.7. The van der Waals surface area contributed by atoms with E-state index in [1.54, 1.807) is 43.3 Å². The second kappa shape index (κ2) is 6.12. The third kappa shape index (κ3) is 2.81. The number of benzene rings is 1. The lowest BCUT2D eigenvalue weighted by Crippen LogP contribution is -2.17. The van der Waals surface area contributed by atoms with Gasteiger partial charge in [0.1, 0.15) is 24.7 Å². The van der Waals surface area contributed by atoms with Gasteiger partial charge in [0.25, 0.3) is 5.91 Å². The lowest BCUT2D eigenvalue weighted by Gasteiger charge is -2.12. The van der Waals surface area contributed by atoms with Crippen LogP contribution in [0.2, 0.25) is 0 Å². The fourth-order valence-corrected chi connectivity index (χ4v) is 3.11. The number of hydrogen-bond acceptors (Lipinski definition) is 4. The number of rotatable bonds is 3. The molecule has 7 nitrogen and oxygen atoms in total. The van der Waals surface area contributed by atoms with Crippen molar-refractivity contribution in [1.29, 1.82) is 0 Å². The van der Waals surface area contributed by atoms with Gasteiger partial charge in [-0.1, -0.05) is 5.46 Å². The van der Waals surface area contributed by atoms with E-state index in [1.807, 2.05) is 0 Å². The number of pyridine rings is 1. The lowest BCUT2D eigenvalue weighted by molar-refractivity contribution is 0.102. The number of aromatic nitrogens is 4. The normalized spacial score (nSPS) is 11.3. The molecule has 0 atom stereocenters. The molecule has 3 aromatic heterocycles. The Kier molecular flexibility index (Phi) is 3.87. The van der Waals surface area contributed by atoms with Crippen molar-refractivity contribution in [3.63, 3.8) is 0 Å². The van der Waals surface area contributed by atoms with Crippen LogP contribution >= 0.6 is 0 Å². The maximum absolute atomic E-state index is 14.3. The molecule has 4 rings (SSSR count). The summed E-state index contributed by atoms with van der Waals surface area (Å²) in [6.45, 7) is 1.77. The minimum absolute atomic E-state index is 0.197. The van der Waals surface area contributed by atoms with Crippen LogP contribution < -0.4 is 15.5 Å². The highest BCUT2D eigenvalue weighted by Crippen LogP contribution is 2.27. The molecule has 1 N–H and O–H groups in total. The SMILES string of the molecule is [B]c1cc(OC)c(C(=O)Nc2cc(F)c3nc(C)cn3c2)c2nn(C)cc12. The van der Waals surface area contributed by atoms with Crippen molar-refractivity contribution in [2.45, 2.75) is 6.92 Å².